The summed E-state index contributed by atoms with van der Waals surface area (Å²) in [5, 5.41) is 21.4. The van der Waals surface area contributed by atoms with Gasteiger partial charge in [0, 0.05) is 33.2 Å². The molecule has 2 aromatic heterocycles. The molecule has 0 unspecified atom stereocenters. The molecular formula is C48H27F3N6. The van der Waals surface area contributed by atoms with Gasteiger partial charge in [0.25, 0.3) is 0 Å². The first-order valence-electron chi connectivity index (χ1n) is 18.0. The monoisotopic (exact) mass is 744 g/mol. The summed E-state index contributed by atoms with van der Waals surface area (Å²) in [6.45, 7) is 0. The highest BCUT2D eigenvalue weighted by molar-refractivity contribution is 6.10. The molecule has 9 rings (SSSR count). The SMILES string of the molecule is N#Cc1ccc(-c2ccc3c4ccccc4n(-c4ccc(-c5cccc(C(F)(F)F)c5)c(-c5nc(-c6ccccc6)nc(-c6ccccc6)n5)c4)c3c2)c(C#N)c1. The predicted octanol–water partition coefficient (Wildman–Crippen LogP) is 12.1. The van der Waals surface area contributed by atoms with Gasteiger partial charge in [-0.25, -0.2) is 15.0 Å². The molecule has 0 N–H and O–H groups in total. The molecule has 0 amide bonds. The van der Waals surface area contributed by atoms with Gasteiger partial charge >= 0.3 is 6.18 Å². The minimum Gasteiger partial charge on any atom is -0.309 e. The number of alkyl halides is 3. The fraction of sp³-hybridized carbons (Fsp3) is 0.0208. The molecule has 6 nitrogen and oxygen atoms in total. The molecular weight excluding hydrogens is 718 g/mol. The third kappa shape index (κ3) is 6.43. The first-order valence-corrected chi connectivity index (χ1v) is 18.0. The van der Waals surface area contributed by atoms with E-state index in [1.165, 1.54) is 6.07 Å². The maximum Gasteiger partial charge on any atom is 0.416 e. The lowest BCUT2D eigenvalue weighted by Gasteiger charge is -2.16. The molecule has 9 heteroatoms. The van der Waals surface area contributed by atoms with Gasteiger partial charge in [0.15, 0.2) is 17.5 Å². The van der Waals surface area contributed by atoms with E-state index in [-0.39, 0.29) is 5.82 Å². The van der Waals surface area contributed by atoms with Crippen LogP contribution < -0.4 is 0 Å². The summed E-state index contributed by atoms with van der Waals surface area (Å²) in [6.07, 6.45) is -4.55. The molecule has 0 atom stereocenters. The topological polar surface area (TPSA) is 91.2 Å². The Bertz CT molecular complexity index is 3030. The van der Waals surface area contributed by atoms with Gasteiger partial charge in [0.05, 0.1) is 39.9 Å². The average molecular weight is 745 g/mol. The fourth-order valence-corrected chi connectivity index (χ4v) is 7.27. The van der Waals surface area contributed by atoms with Gasteiger partial charge in [-0.2, -0.15) is 23.7 Å². The Morgan fingerprint density at radius 3 is 1.75 bits per heavy atom. The Morgan fingerprint density at radius 1 is 0.456 bits per heavy atom. The zero-order valence-corrected chi connectivity index (χ0v) is 29.9. The van der Waals surface area contributed by atoms with E-state index < -0.39 is 11.7 Å². The zero-order chi connectivity index (χ0) is 39.1. The smallest absolute Gasteiger partial charge is 0.309 e. The summed E-state index contributed by atoms with van der Waals surface area (Å²) in [6, 6.07) is 53.2. The zero-order valence-electron chi connectivity index (χ0n) is 29.9. The van der Waals surface area contributed by atoms with E-state index in [1.54, 1.807) is 24.3 Å². The molecule has 0 aliphatic heterocycles. The third-order valence-electron chi connectivity index (χ3n) is 9.96. The van der Waals surface area contributed by atoms with Crippen molar-refractivity contribution >= 4 is 21.8 Å². The minimum atomic E-state index is -4.55. The molecule has 0 saturated heterocycles. The van der Waals surface area contributed by atoms with Crippen molar-refractivity contribution in [1.82, 2.24) is 19.5 Å². The summed E-state index contributed by atoms with van der Waals surface area (Å²) in [4.78, 5) is 14.8. The number of para-hydroxylation sites is 1. The Hall–Kier alpha value is -7.88. The van der Waals surface area contributed by atoms with Crippen molar-refractivity contribution in [2.45, 2.75) is 6.18 Å². The number of hydrogen-bond donors (Lipinski definition) is 0. The van der Waals surface area contributed by atoms with Crippen molar-refractivity contribution in [3.63, 3.8) is 0 Å². The van der Waals surface area contributed by atoms with Gasteiger partial charge in [-0.3, -0.25) is 0 Å². The predicted molar refractivity (Wildman–Crippen MR) is 216 cm³/mol. The van der Waals surface area contributed by atoms with Crippen molar-refractivity contribution < 1.29 is 13.2 Å². The molecule has 0 spiro atoms. The minimum absolute atomic E-state index is 0.287. The van der Waals surface area contributed by atoms with Crippen LogP contribution in [0.5, 0.6) is 0 Å². The highest BCUT2D eigenvalue weighted by atomic mass is 19.4. The van der Waals surface area contributed by atoms with Gasteiger partial charge in [-0.05, 0) is 70.8 Å². The number of benzene rings is 7. The van der Waals surface area contributed by atoms with E-state index in [4.69, 9.17) is 15.0 Å². The quantitative estimate of drug-likeness (QED) is 0.169. The fourth-order valence-electron chi connectivity index (χ4n) is 7.27. The molecule has 2 heterocycles. The molecule has 7 aromatic carbocycles. The summed E-state index contributed by atoms with van der Waals surface area (Å²) < 4.78 is 44.4. The normalized spacial score (nSPS) is 11.4. The first-order chi connectivity index (χ1) is 27.8. The standard InChI is InChI=1S/C48H27F3N6/c49-48(50,51)36-15-9-14-33(25-36)39-23-20-37(27-42(39)47-55-45(31-10-3-1-4-11-31)54-46(56-47)32-12-5-2-6-13-32)57-43-17-8-7-16-40(43)41-22-19-34(26-44(41)57)38-21-18-30(28-52)24-35(38)29-53/h1-27H. The van der Waals surface area contributed by atoms with E-state index in [0.717, 1.165) is 50.6 Å². The van der Waals surface area contributed by atoms with Crippen LogP contribution in [0, 0.1) is 22.7 Å². The molecule has 0 fully saturated rings. The molecule has 0 aliphatic rings. The number of hydrogen-bond acceptors (Lipinski definition) is 5. The van der Waals surface area contributed by atoms with Gasteiger partial charge < -0.3 is 4.57 Å². The van der Waals surface area contributed by atoms with Crippen molar-refractivity contribution in [3.8, 4) is 74.2 Å². The van der Waals surface area contributed by atoms with Crippen molar-refractivity contribution in [2.75, 3.05) is 0 Å². The maximum absolute atomic E-state index is 14.1. The number of nitrogens with zero attached hydrogens (tertiary/aromatic N) is 6. The van der Waals surface area contributed by atoms with E-state index in [2.05, 4.69) is 16.7 Å². The average Bonchev–Trinajstić information content (AvgIpc) is 3.59. The Labute approximate surface area is 325 Å². The van der Waals surface area contributed by atoms with E-state index in [1.807, 2.05) is 121 Å². The lowest BCUT2D eigenvalue weighted by molar-refractivity contribution is -0.137. The van der Waals surface area contributed by atoms with Crippen LogP contribution in [0.1, 0.15) is 16.7 Å². The van der Waals surface area contributed by atoms with E-state index in [9.17, 15) is 23.7 Å². The van der Waals surface area contributed by atoms with Gasteiger partial charge in [0.2, 0.25) is 0 Å². The lowest BCUT2D eigenvalue weighted by atomic mass is 9.96. The molecule has 0 radical (unpaired) electrons. The summed E-state index contributed by atoms with van der Waals surface area (Å²) in [5.74, 6) is 1.11. The maximum atomic E-state index is 14.1. The van der Waals surface area contributed by atoms with Crippen molar-refractivity contribution in [3.05, 3.63) is 180 Å². The van der Waals surface area contributed by atoms with Gasteiger partial charge in [0.1, 0.15) is 0 Å². The van der Waals surface area contributed by atoms with Crippen molar-refractivity contribution in [1.29, 1.82) is 10.5 Å². The lowest BCUT2D eigenvalue weighted by Crippen LogP contribution is -2.05. The molecule has 0 bridgehead atoms. The van der Waals surface area contributed by atoms with Crippen LogP contribution in [0.2, 0.25) is 0 Å². The third-order valence-corrected chi connectivity index (χ3v) is 9.96. The molecule has 0 saturated carbocycles. The second-order valence-electron chi connectivity index (χ2n) is 13.4. The van der Waals surface area contributed by atoms with Crippen LogP contribution >= 0.6 is 0 Å². The summed E-state index contributed by atoms with van der Waals surface area (Å²) >= 11 is 0. The Kier molecular flexibility index (Phi) is 8.61. The van der Waals surface area contributed by atoms with Gasteiger partial charge in [-0.1, -0.05) is 115 Å². The van der Waals surface area contributed by atoms with Crippen LogP contribution in [0.4, 0.5) is 13.2 Å². The molecule has 0 aliphatic carbocycles. The summed E-state index contributed by atoms with van der Waals surface area (Å²) in [5.41, 5.74) is 6.79. The highest BCUT2D eigenvalue weighted by Crippen LogP contribution is 2.40. The van der Waals surface area contributed by atoms with Crippen LogP contribution in [-0.2, 0) is 6.18 Å². The van der Waals surface area contributed by atoms with E-state index in [0.29, 0.717) is 50.7 Å². The van der Waals surface area contributed by atoms with Crippen molar-refractivity contribution in [2.24, 2.45) is 0 Å². The van der Waals surface area contributed by atoms with Crippen LogP contribution in [0.25, 0.3) is 83.9 Å². The number of rotatable bonds is 6. The Morgan fingerprint density at radius 2 is 1.07 bits per heavy atom. The van der Waals surface area contributed by atoms with Crippen LogP contribution in [0.3, 0.4) is 0 Å². The molecule has 270 valence electrons. The second kappa shape index (κ2) is 14.1. The molecule has 9 aromatic rings. The number of aromatic nitrogens is 4. The largest absolute Gasteiger partial charge is 0.416 e. The number of fused-ring (bicyclic) bond motifs is 3. The number of halogens is 3. The second-order valence-corrected chi connectivity index (χ2v) is 13.4. The Balaban J connectivity index is 1.33. The first kappa shape index (κ1) is 34.9. The van der Waals surface area contributed by atoms with E-state index >= 15 is 0 Å². The molecule has 57 heavy (non-hydrogen) atoms. The van der Waals surface area contributed by atoms with Crippen LogP contribution in [-0.4, -0.2) is 19.5 Å². The number of nitriles is 2. The van der Waals surface area contributed by atoms with Gasteiger partial charge in [-0.15, -0.1) is 0 Å². The highest BCUT2D eigenvalue weighted by Gasteiger charge is 2.31. The van der Waals surface area contributed by atoms with Crippen LogP contribution in [0.15, 0.2) is 164 Å². The summed E-state index contributed by atoms with van der Waals surface area (Å²) in [7, 11) is 0.